The number of hydrogen-bond donors (Lipinski definition) is 0. The number of nitriles is 1. The van der Waals surface area contributed by atoms with Gasteiger partial charge in [-0.05, 0) is 25.3 Å². The van der Waals surface area contributed by atoms with E-state index >= 15 is 0 Å². The van der Waals surface area contributed by atoms with Crippen molar-refractivity contribution in [2.75, 3.05) is 7.11 Å². The third kappa shape index (κ3) is 6.09. The molecule has 0 saturated heterocycles. The molecule has 0 saturated carbocycles. The molecular formula is C22H25Cl2N3O2. The molecule has 0 aromatic carbocycles. The van der Waals surface area contributed by atoms with Gasteiger partial charge in [-0.2, -0.15) is 5.26 Å². The van der Waals surface area contributed by atoms with Gasteiger partial charge in [-0.25, -0.2) is 0 Å². The van der Waals surface area contributed by atoms with Gasteiger partial charge in [-0.1, -0.05) is 44.0 Å². The van der Waals surface area contributed by atoms with E-state index in [9.17, 15) is 5.26 Å². The van der Waals surface area contributed by atoms with Crippen LogP contribution in [0, 0.1) is 11.3 Å². The van der Waals surface area contributed by atoms with Gasteiger partial charge in [0.2, 0.25) is 0 Å². The SMILES string of the molecule is CCC(CC)Oc1cc(C(C)C/C(C#N)=C/c2c(Cl)cncc2Cl)ncc1OC. The highest BCUT2D eigenvalue weighted by Gasteiger charge is 2.17. The lowest BCUT2D eigenvalue weighted by molar-refractivity contribution is 0.184. The van der Waals surface area contributed by atoms with Gasteiger partial charge >= 0.3 is 0 Å². The summed E-state index contributed by atoms with van der Waals surface area (Å²) in [6, 6.07) is 4.13. The summed E-state index contributed by atoms with van der Waals surface area (Å²) in [6.07, 6.45) is 8.77. The molecule has 2 rings (SSSR count). The van der Waals surface area contributed by atoms with Crippen LogP contribution in [-0.2, 0) is 0 Å². The summed E-state index contributed by atoms with van der Waals surface area (Å²) in [4.78, 5) is 8.43. The van der Waals surface area contributed by atoms with Crippen molar-refractivity contribution in [3.63, 3.8) is 0 Å². The monoisotopic (exact) mass is 433 g/mol. The van der Waals surface area contributed by atoms with E-state index in [-0.39, 0.29) is 12.0 Å². The van der Waals surface area contributed by atoms with Crippen LogP contribution >= 0.6 is 23.2 Å². The first-order valence-corrected chi connectivity index (χ1v) is 10.3. The quantitative estimate of drug-likeness (QED) is 0.424. The summed E-state index contributed by atoms with van der Waals surface area (Å²) in [5.74, 6) is 1.25. The first-order chi connectivity index (χ1) is 13.9. The Labute approximate surface area is 182 Å². The Hall–Kier alpha value is -2.29. The zero-order valence-electron chi connectivity index (χ0n) is 17.1. The average molecular weight is 434 g/mol. The van der Waals surface area contributed by atoms with Crippen LogP contribution in [0.15, 0.2) is 30.2 Å². The van der Waals surface area contributed by atoms with Gasteiger partial charge in [0.1, 0.15) is 0 Å². The third-order valence-electron chi connectivity index (χ3n) is 4.66. The first kappa shape index (κ1) is 23.0. The zero-order valence-corrected chi connectivity index (χ0v) is 18.6. The highest BCUT2D eigenvalue weighted by Crippen LogP contribution is 2.33. The Balaban J connectivity index is 2.28. The normalized spacial score (nSPS) is 12.6. The van der Waals surface area contributed by atoms with Gasteiger partial charge in [0.15, 0.2) is 11.5 Å². The fourth-order valence-corrected chi connectivity index (χ4v) is 3.37. The number of halogens is 2. The van der Waals surface area contributed by atoms with E-state index in [1.807, 2.05) is 13.0 Å². The van der Waals surface area contributed by atoms with Crippen molar-refractivity contribution in [2.24, 2.45) is 0 Å². The van der Waals surface area contributed by atoms with Crippen molar-refractivity contribution in [1.82, 2.24) is 9.97 Å². The maximum absolute atomic E-state index is 9.60. The molecule has 5 nitrogen and oxygen atoms in total. The van der Waals surface area contributed by atoms with Crippen molar-refractivity contribution >= 4 is 29.3 Å². The molecule has 0 N–H and O–H groups in total. The molecule has 0 fully saturated rings. The second-order valence-corrected chi connectivity index (χ2v) is 7.53. The lowest BCUT2D eigenvalue weighted by Crippen LogP contribution is -2.14. The molecular weight excluding hydrogens is 409 g/mol. The zero-order chi connectivity index (χ0) is 21.4. The van der Waals surface area contributed by atoms with Gasteiger partial charge in [-0.3, -0.25) is 9.97 Å². The van der Waals surface area contributed by atoms with Crippen molar-refractivity contribution in [3.8, 4) is 17.6 Å². The Bertz CT molecular complexity index is 885. The van der Waals surface area contributed by atoms with Crippen LogP contribution in [-0.4, -0.2) is 23.2 Å². The highest BCUT2D eigenvalue weighted by atomic mass is 35.5. The van der Waals surface area contributed by atoms with Gasteiger partial charge in [-0.15, -0.1) is 0 Å². The minimum absolute atomic E-state index is 0.0183. The van der Waals surface area contributed by atoms with Gasteiger partial charge in [0.05, 0.1) is 35.5 Å². The Morgan fingerprint density at radius 3 is 2.38 bits per heavy atom. The van der Waals surface area contributed by atoms with Crippen LogP contribution < -0.4 is 9.47 Å². The fourth-order valence-electron chi connectivity index (χ4n) is 2.89. The van der Waals surface area contributed by atoms with Crippen molar-refractivity contribution < 1.29 is 9.47 Å². The number of allylic oxidation sites excluding steroid dienone is 1. The van der Waals surface area contributed by atoms with Gasteiger partial charge < -0.3 is 9.47 Å². The molecule has 0 spiro atoms. The molecule has 154 valence electrons. The van der Waals surface area contributed by atoms with E-state index in [1.165, 1.54) is 12.4 Å². The van der Waals surface area contributed by atoms with Gasteiger partial charge in [0.25, 0.3) is 0 Å². The second-order valence-electron chi connectivity index (χ2n) is 6.72. The van der Waals surface area contributed by atoms with Gasteiger partial charge in [0, 0.05) is 41.2 Å². The first-order valence-electron chi connectivity index (χ1n) is 9.53. The predicted molar refractivity (Wildman–Crippen MR) is 117 cm³/mol. The lowest BCUT2D eigenvalue weighted by Gasteiger charge is -2.19. The minimum Gasteiger partial charge on any atom is -0.491 e. The van der Waals surface area contributed by atoms with Crippen molar-refractivity contribution in [3.05, 3.63) is 51.5 Å². The number of hydrogen-bond acceptors (Lipinski definition) is 5. The highest BCUT2D eigenvalue weighted by molar-refractivity contribution is 6.36. The standard InChI is InChI=1S/C22H25Cl2N3O2/c1-5-16(6-2)29-21-9-20(27-13-22(21)28-4)14(3)7-15(10-25)8-17-18(23)11-26-12-19(17)24/h8-9,11-14,16H,5-7H2,1-4H3/b15-8-. The molecule has 2 aromatic rings. The van der Waals surface area contributed by atoms with Crippen LogP contribution in [0.25, 0.3) is 6.08 Å². The number of rotatable bonds is 9. The molecule has 0 aliphatic carbocycles. The maximum Gasteiger partial charge on any atom is 0.179 e. The third-order valence-corrected chi connectivity index (χ3v) is 5.26. The van der Waals surface area contributed by atoms with E-state index in [0.29, 0.717) is 39.1 Å². The fraction of sp³-hybridized carbons (Fsp3) is 0.409. The molecule has 0 bridgehead atoms. The summed E-state index contributed by atoms with van der Waals surface area (Å²) < 4.78 is 11.5. The summed E-state index contributed by atoms with van der Waals surface area (Å²) in [5, 5.41) is 10.4. The minimum atomic E-state index is -0.0183. The molecule has 1 unspecified atom stereocenters. The molecule has 2 heterocycles. The smallest absolute Gasteiger partial charge is 0.179 e. The Kier molecular flexibility index (Phi) is 8.75. The molecule has 0 aliphatic heterocycles. The average Bonchev–Trinajstić information content (AvgIpc) is 2.73. The van der Waals surface area contributed by atoms with E-state index < -0.39 is 0 Å². The molecule has 0 amide bonds. The Morgan fingerprint density at radius 1 is 1.17 bits per heavy atom. The number of methoxy groups -OCH3 is 1. The maximum atomic E-state index is 9.60. The van der Waals surface area contributed by atoms with Crippen LogP contribution in [0.5, 0.6) is 11.5 Å². The molecule has 7 heteroatoms. The molecule has 0 radical (unpaired) electrons. The van der Waals surface area contributed by atoms with Crippen LogP contribution in [0.2, 0.25) is 10.0 Å². The summed E-state index contributed by atoms with van der Waals surface area (Å²) >= 11 is 12.3. The molecule has 0 aliphatic rings. The van der Waals surface area contributed by atoms with Crippen molar-refractivity contribution in [1.29, 1.82) is 5.26 Å². The van der Waals surface area contributed by atoms with Crippen molar-refractivity contribution in [2.45, 2.75) is 52.1 Å². The van der Waals surface area contributed by atoms with E-state index in [1.54, 1.807) is 19.4 Å². The van der Waals surface area contributed by atoms with Crippen LogP contribution in [0.4, 0.5) is 0 Å². The summed E-state index contributed by atoms with van der Waals surface area (Å²) in [6.45, 7) is 6.19. The molecule has 1 atom stereocenters. The molecule has 2 aromatic heterocycles. The van der Waals surface area contributed by atoms with E-state index in [0.717, 1.165) is 18.5 Å². The second kappa shape index (κ2) is 11.0. The number of pyridine rings is 2. The number of nitrogens with zero attached hydrogens (tertiary/aromatic N) is 3. The summed E-state index contributed by atoms with van der Waals surface area (Å²) in [7, 11) is 1.60. The predicted octanol–water partition coefficient (Wildman–Crippen LogP) is 6.46. The van der Waals surface area contributed by atoms with Crippen LogP contribution in [0.3, 0.4) is 0 Å². The topological polar surface area (TPSA) is 68.0 Å². The lowest BCUT2D eigenvalue weighted by atomic mass is 9.96. The number of aromatic nitrogens is 2. The Morgan fingerprint density at radius 2 is 1.83 bits per heavy atom. The largest absolute Gasteiger partial charge is 0.491 e. The van der Waals surface area contributed by atoms with E-state index in [2.05, 4.69) is 29.9 Å². The number of ether oxygens (including phenoxy) is 2. The molecule has 29 heavy (non-hydrogen) atoms. The van der Waals surface area contributed by atoms with Crippen LogP contribution in [0.1, 0.15) is 57.2 Å². The summed E-state index contributed by atoms with van der Waals surface area (Å²) in [5.41, 5.74) is 1.96. The van der Waals surface area contributed by atoms with E-state index in [4.69, 9.17) is 32.7 Å².